The van der Waals surface area contributed by atoms with E-state index in [-0.39, 0.29) is 4.59 Å². The van der Waals surface area contributed by atoms with Crippen LogP contribution in [0.1, 0.15) is 12.0 Å². The normalized spacial score (nSPS) is 26.1. The summed E-state index contributed by atoms with van der Waals surface area (Å²) in [5.74, 6) is -0.422. The molecule has 0 spiro atoms. The zero-order valence-corrected chi connectivity index (χ0v) is 10.7. The van der Waals surface area contributed by atoms with Gasteiger partial charge in [0, 0.05) is 12.0 Å². The standard InChI is InChI=1S/C13H16N2O4/c1-19-12(16)11-7-8-15(14-11,13(17)18)9-10-5-3-2-4-6-10/h2-6,11,14H,7-9H2,1H3/p+1/t11-,15?/m0/s1. The fourth-order valence-electron chi connectivity index (χ4n) is 2.33. The number of carbonyl (C=O) groups excluding carboxylic acids is 1. The van der Waals surface area contributed by atoms with Gasteiger partial charge in [0.1, 0.15) is 13.1 Å². The first-order valence-electron chi connectivity index (χ1n) is 6.07. The third-order valence-electron chi connectivity index (χ3n) is 3.35. The Kier molecular flexibility index (Phi) is 3.82. The average Bonchev–Trinajstić information content (AvgIpc) is 2.84. The van der Waals surface area contributed by atoms with E-state index in [1.54, 1.807) is 0 Å². The van der Waals surface area contributed by atoms with Crippen LogP contribution in [0.5, 0.6) is 0 Å². The first-order chi connectivity index (χ1) is 9.07. The number of hydrogen-bond donors (Lipinski definition) is 2. The topological polar surface area (TPSA) is 75.6 Å². The van der Waals surface area contributed by atoms with E-state index in [2.05, 4.69) is 10.2 Å². The Morgan fingerprint density at radius 2 is 2.11 bits per heavy atom. The van der Waals surface area contributed by atoms with Gasteiger partial charge in [-0.3, -0.25) is 4.79 Å². The molecular weight excluding hydrogens is 248 g/mol. The molecule has 0 bridgehead atoms. The van der Waals surface area contributed by atoms with E-state index in [0.717, 1.165) is 5.56 Å². The second-order valence-electron chi connectivity index (χ2n) is 4.61. The minimum absolute atomic E-state index is 0.295. The van der Waals surface area contributed by atoms with E-state index >= 15 is 0 Å². The van der Waals surface area contributed by atoms with Crippen molar-refractivity contribution in [1.29, 1.82) is 0 Å². The number of rotatable bonds is 3. The maximum Gasteiger partial charge on any atom is 0.533 e. The highest BCUT2D eigenvalue weighted by Gasteiger charge is 2.48. The van der Waals surface area contributed by atoms with Gasteiger partial charge in [0.15, 0.2) is 6.04 Å². The zero-order valence-electron chi connectivity index (χ0n) is 10.7. The molecule has 0 saturated carbocycles. The number of carboxylic acid groups (broad SMARTS) is 1. The lowest BCUT2D eigenvalue weighted by molar-refractivity contribution is -0.902. The predicted octanol–water partition coefficient (Wildman–Crippen LogP) is 1.13. The number of amides is 1. The van der Waals surface area contributed by atoms with Crippen LogP contribution in [0.15, 0.2) is 30.3 Å². The van der Waals surface area contributed by atoms with Crippen molar-refractivity contribution in [3.8, 4) is 0 Å². The number of benzene rings is 1. The van der Waals surface area contributed by atoms with Crippen LogP contribution in [-0.4, -0.2) is 41.5 Å². The van der Waals surface area contributed by atoms with Gasteiger partial charge in [0.2, 0.25) is 0 Å². The second-order valence-corrected chi connectivity index (χ2v) is 4.61. The number of nitrogens with zero attached hydrogens (tertiary/aromatic N) is 1. The van der Waals surface area contributed by atoms with Gasteiger partial charge >= 0.3 is 12.1 Å². The highest BCUT2D eigenvalue weighted by Crippen LogP contribution is 2.21. The number of carbonyl (C=O) groups is 2. The number of ether oxygens (including phenoxy) is 1. The van der Waals surface area contributed by atoms with Crippen molar-refractivity contribution in [1.82, 2.24) is 5.43 Å². The van der Waals surface area contributed by atoms with Crippen molar-refractivity contribution in [2.75, 3.05) is 13.7 Å². The van der Waals surface area contributed by atoms with Gasteiger partial charge in [0.05, 0.1) is 7.11 Å². The molecular formula is C13H17N2O4+. The number of methoxy groups -OCH3 is 1. The van der Waals surface area contributed by atoms with Crippen molar-refractivity contribution >= 4 is 12.1 Å². The number of hydrogen-bond acceptors (Lipinski definition) is 4. The van der Waals surface area contributed by atoms with Crippen molar-refractivity contribution in [2.45, 2.75) is 19.0 Å². The predicted molar refractivity (Wildman–Crippen MR) is 66.9 cm³/mol. The molecule has 1 heterocycles. The molecule has 1 fully saturated rings. The molecule has 0 aliphatic carbocycles. The SMILES string of the molecule is COC(=O)[C@@H]1CC[N+](Cc2ccccc2)(C(=O)O)N1. The van der Waals surface area contributed by atoms with Crippen molar-refractivity contribution in [3.05, 3.63) is 35.9 Å². The molecule has 2 N–H and O–H groups in total. The number of quaternary nitrogens is 1. The fraction of sp³-hybridized carbons (Fsp3) is 0.385. The highest BCUT2D eigenvalue weighted by atomic mass is 16.5. The average molecular weight is 265 g/mol. The first-order valence-corrected chi connectivity index (χ1v) is 6.07. The molecule has 1 saturated heterocycles. The largest absolute Gasteiger partial charge is 0.533 e. The summed E-state index contributed by atoms with van der Waals surface area (Å²) in [6, 6.07) is 8.78. The molecule has 0 radical (unpaired) electrons. The molecule has 2 atom stereocenters. The summed E-state index contributed by atoms with van der Waals surface area (Å²) in [6.45, 7) is 0.646. The molecule has 1 aliphatic heterocycles. The van der Waals surface area contributed by atoms with Gasteiger partial charge in [-0.2, -0.15) is 4.79 Å². The molecule has 6 nitrogen and oxygen atoms in total. The van der Waals surface area contributed by atoms with Crippen LogP contribution >= 0.6 is 0 Å². The van der Waals surface area contributed by atoms with E-state index in [9.17, 15) is 14.7 Å². The molecule has 1 aliphatic rings. The Morgan fingerprint density at radius 3 is 2.68 bits per heavy atom. The van der Waals surface area contributed by atoms with Crippen LogP contribution in [0.3, 0.4) is 0 Å². The van der Waals surface area contributed by atoms with Gasteiger partial charge in [0.25, 0.3) is 0 Å². The van der Waals surface area contributed by atoms with Gasteiger partial charge in [-0.15, -0.1) is 10.0 Å². The van der Waals surface area contributed by atoms with Crippen LogP contribution in [-0.2, 0) is 16.1 Å². The second kappa shape index (κ2) is 5.38. The van der Waals surface area contributed by atoms with Crippen LogP contribution in [0.25, 0.3) is 0 Å². The van der Waals surface area contributed by atoms with Crippen LogP contribution in [0, 0.1) is 0 Å². The van der Waals surface area contributed by atoms with Crippen molar-refractivity contribution in [3.63, 3.8) is 0 Å². The Hall–Kier alpha value is -1.92. The number of esters is 1. The molecule has 1 aromatic rings. The lowest BCUT2D eigenvalue weighted by Gasteiger charge is -2.27. The highest BCUT2D eigenvalue weighted by molar-refractivity contribution is 5.76. The molecule has 102 valence electrons. The molecule has 1 aromatic carbocycles. The van der Waals surface area contributed by atoms with E-state index in [4.69, 9.17) is 0 Å². The maximum atomic E-state index is 11.5. The molecule has 1 unspecified atom stereocenters. The number of nitrogens with one attached hydrogen (secondary N) is 1. The zero-order chi connectivity index (χ0) is 13.9. The molecule has 0 aromatic heterocycles. The summed E-state index contributed by atoms with van der Waals surface area (Å²) in [6.07, 6.45) is -0.540. The fourth-order valence-corrected chi connectivity index (χ4v) is 2.33. The van der Waals surface area contributed by atoms with Crippen molar-refractivity contribution in [2.24, 2.45) is 0 Å². The Morgan fingerprint density at radius 1 is 1.42 bits per heavy atom. The summed E-state index contributed by atoms with van der Waals surface area (Å²) in [5.41, 5.74) is 3.77. The summed E-state index contributed by atoms with van der Waals surface area (Å²) in [7, 11) is 1.30. The van der Waals surface area contributed by atoms with E-state index < -0.39 is 18.1 Å². The maximum absolute atomic E-state index is 11.5. The van der Waals surface area contributed by atoms with Crippen LogP contribution in [0.4, 0.5) is 4.79 Å². The minimum atomic E-state index is -0.991. The summed E-state index contributed by atoms with van der Waals surface area (Å²) in [5, 5.41) is 9.45. The van der Waals surface area contributed by atoms with E-state index in [0.29, 0.717) is 19.5 Å². The van der Waals surface area contributed by atoms with E-state index in [1.165, 1.54) is 7.11 Å². The Balaban J connectivity index is 2.17. The summed E-state index contributed by atoms with van der Waals surface area (Å²) in [4.78, 5) is 23.0. The van der Waals surface area contributed by atoms with Gasteiger partial charge in [-0.05, 0) is 0 Å². The lowest BCUT2D eigenvalue weighted by Crippen LogP contribution is -2.59. The third-order valence-corrected chi connectivity index (χ3v) is 3.35. The first kappa shape index (κ1) is 13.5. The van der Waals surface area contributed by atoms with Crippen molar-refractivity contribution < 1.29 is 24.0 Å². The third kappa shape index (κ3) is 2.74. The summed E-state index contributed by atoms with van der Waals surface area (Å²) >= 11 is 0. The molecule has 6 heteroatoms. The minimum Gasteiger partial charge on any atom is -0.468 e. The monoisotopic (exact) mass is 265 g/mol. The molecule has 2 rings (SSSR count). The van der Waals surface area contributed by atoms with Gasteiger partial charge in [-0.25, -0.2) is 0 Å². The lowest BCUT2D eigenvalue weighted by atomic mass is 10.2. The van der Waals surface area contributed by atoms with Crippen LogP contribution in [0.2, 0.25) is 0 Å². The molecule has 1 amide bonds. The summed E-state index contributed by atoms with van der Waals surface area (Å²) < 4.78 is 4.31. The van der Waals surface area contributed by atoms with E-state index in [1.807, 2.05) is 30.3 Å². The van der Waals surface area contributed by atoms with Crippen LogP contribution < -0.4 is 5.43 Å². The molecule has 19 heavy (non-hydrogen) atoms. The van der Waals surface area contributed by atoms with Gasteiger partial charge < -0.3 is 9.84 Å². The quantitative estimate of drug-likeness (QED) is 0.633. The Bertz CT molecular complexity index is 477. The Labute approximate surface area is 111 Å². The van der Waals surface area contributed by atoms with Gasteiger partial charge in [-0.1, -0.05) is 30.3 Å². The smallest absolute Gasteiger partial charge is 0.468 e.